The third kappa shape index (κ3) is 2.43. The van der Waals surface area contributed by atoms with Crippen molar-refractivity contribution in [1.82, 2.24) is 0 Å². The van der Waals surface area contributed by atoms with Crippen LogP contribution < -0.4 is 5.32 Å². The summed E-state index contributed by atoms with van der Waals surface area (Å²) in [6.07, 6.45) is -4.28. The smallest absolute Gasteiger partial charge is 0.373 e. The van der Waals surface area contributed by atoms with E-state index in [-0.39, 0.29) is 28.7 Å². The molecule has 0 bridgehead atoms. The van der Waals surface area contributed by atoms with E-state index in [1.54, 1.807) is 0 Å². The summed E-state index contributed by atoms with van der Waals surface area (Å²) in [5, 5.41) is 13.0. The molecule has 1 unspecified atom stereocenters. The van der Waals surface area contributed by atoms with E-state index < -0.39 is 17.1 Å². The number of anilines is 1. The second kappa shape index (κ2) is 4.42. The van der Waals surface area contributed by atoms with E-state index in [0.717, 1.165) is 0 Å². The Balaban J connectivity index is 2.37. The second-order valence-electron chi connectivity index (χ2n) is 4.00. The molecule has 0 spiro atoms. The van der Waals surface area contributed by atoms with Crippen molar-refractivity contribution in [1.29, 1.82) is 0 Å². The van der Waals surface area contributed by atoms with Gasteiger partial charge in [-0.2, -0.15) is 13.2 Å². The van der Waals surface area contributed by atoms with Gasteiger partial charge in [0.1, 0.15) is 6.04 Å². The van der Waals surface area contributed by atoms with Gasteiger partial charge in [-0.15, -0.1) is 0 Å². The van der Waals surface area contributed by atoms with Crippen LogP contribution >= 0.6 is 15.9 Å². The molecule has 0 aliphatic carbocycles. The van der Waals surface area contributed by atoms with E-state index in [1.165, 1.54) is 12.1 Å². The first-order chi connectivity index (χ1) is 8.29. The monoisotopic (exact) mass is 324 g/mol. The Kier molecular flexibility index (Phi) is 3.22. The zero-order valence-electron chi connectivity index (χ0n) is 8.92. The summed E-state index contributed by atoms with van der Waals surface area (Å²) >= 11 is 3.06. The summed E-state index contributed by atoms with van der Waals surface area (Å²) in [6.45, 7) is 0. The number of hydrogen-bond donors (Lipinski definition) is 1. The molecule has 0 saturated heterocycles. The van der Waals surface area contributed by atoms with E-state index in [9.17, 15) is 23.3 Å². The van der Waals surface area contributed by atoms with Crippen LogP contribution in [0.1, 0.15) is 12.0 Å². The molecule has 0 radical (unpaired) electrons. The predicted molar refractivity (Wildman–Crippen MR) is 62.6 cm³/mol. The number of rotatable bonds is 1. The number of fused-ring (bicyclic) bond motifs is 1. The number of nitro benzene ring substituents is 1. The summed E-state index contributed by atoms with van der Waals surface area (Å²) in [5.41, 5.74) is 0.679. The zero-order valence-corrected chi connectivity index (χ0v) is 10.5. The van der Waals surface area contributed by atoms with Crippen LogP contribution in [0.25, 0.3) is 0 Å². The molecule has 0 fully saturated rings. The molecule has 0 aromatic heterocycles. The first kappa shape index (κ1) is 13.1. The number of benzene rings is 1. The minimum absolute atomic E-state index is 0.121. The van der Waals surface area contributed by atoms with Gasteiger partial charge in [-0.1, -0.05) is 0 Å². The van der Waals surface area contributed by atoms with E-state index >= 15 is 0 Å². The first-order valence-electron chi connectivity index (χ1n) is 5.09. The predicted octanol–water partition coefficient (Wildman–Crippen LogP) is 3.65. The van der Waals surface area contributed by atoms with Crippen molar-refractivity contribution >= 4 is 27.3 Å². The molecule has 1 heterocycles. The van der Waals surface area contributed by atoms with Gasteiger partial charge in [-0.3, -0.25) is 10.1 Å². The molecule has 8 heteroatoms. The van der Waals surface area contributed by atoms with Crippen LogP contribution in [0, 0.1) is 10.1 Å². The lowest BCUT2D eigenvalue weighted by Gasteiger charge is -2.29. The van der Waals surface area contributed by atoms with Crippen molar-refractivity contribution in [3.05, 3.63) is 32.3 Å². The quantitative estimate of drug-likeness (QED) is 0.633. The van der Waals surface area contributed by atoms with Crippen LogP contribution in [0.5, 0.6) is 0 Å². The molecule has 1 aliphatic heterocycles. The largest absolute Gasteiger partial charge is 0.408 e. The normalized spacial score (nSPS) is 19.0. The first-order valence-corrected chi connectivity index (χ1v) is 5.88. The Labute approximate surface area is 108 Å². The van der Waals surface area contributed by atoms with Gasteiger partial charge in [0, 0.05) is 16.6 Å². The molecular weight excluding hydrogens is 317 g/mol. The molecule has 1 aromatic rings. The minimum Gasteiger partial charge on any atom is -0.373 e. The maximum atomic E-state index is 12.6. The van der Waals surface area contributed by atoms with Crippen LogP contribution in [-0.4, -0.2) is 17.1 Å². The zero-order chi connectivity index (χ0) is 13.5. The van der Waals surface area contributed by atoms with Crippen LogP contribution in [0.2, 0.25) is 0 Å². The molecule has 1 N–H and O–H groups in total. The highest BCUT2D eigenvalue weighted by Crippen LogP contribution is 2.39. The van der Waals surface area contributed by atoms with Gasteiger partial charge >= 0.3 is 6.18 Å². The van der Waals surface area contributed by atoms with Crippen LogP contribution in [0.4, 0.5) is 24.5 Å². The molecule has 98 valence electrons. The Morgan fingerprint density at radius 2 is 2.11 bits per heavy atom. The van der Waals surface area contributed by atoms with Gasteiger partial charge in [-0.05, 0) is 34.3 Å². The fraction of sp³-hybridized carbons (Fsp3) is 0.400. The number of non-ortho nitro benzene ring substituents is 1. The molecule has 18 heavy (non-hydrogen) atoms. The maximum absolute atomic E-state index is 12.6. The Morgan fingerprint density at radius 1 is 1.44 bits per heavy atom. The topological polar surface area (TPSA) is 55.2 Å². The number of aryl methyl sites for hydroxylation is 1. The molecular formula is C10H8BrF3N2O2. The fourth-order valence-electron chi connectivity index (χ4n) is 1.90. The third-order valence-corrected chi connectivity index (χ3v) is 3.41. The standard InChI is InChI=1S/C10H8BrF3N2O2/c11-7-4-6(16(17)18)3-5-1-2-8(10(12,13)14)15-9(5)7/h3-4,8,15H,1-2H2. The number of halogens is 4. The average molecular weight is 325 g/mol. The van der Waals surface area contributed by atoms with Crippen molar-refractivity contribution in [3.8, 4) is 0 Å². The van der Waals surface area contributed by atoms with Gasteiger partial charge in [0.15, 0.2) is 0 Å². The van der Waals surface area contributed by atoms with Crippen molar-refractivity contribution in [2.45, 2.75) is 25.1 Å². The molecule has 1 aliphatic rings. The van der Waals surface area contributed by atoms with Crippen molar-refractivity contribution < 1.29 is 18.1 Å². The van der Waals surface area contributed by atoms with Gasteiger partial charge < -0.3 is 5.32 Å². The SMILES string of the molecule is O=[N+]([O-])c1cc(Br)c2c(c1)CCC(C(F)(F)F)N2. The lowest BCUT2D eigenvalue weighted by atomic mass is 9.97. The van der Waals surface area contributed by atoms with Crippen molar-refractivity contribution in [2.75, 3.05) is 5.32 Å². The average Bonchev–Trinajstić information content (AvgIpc) is 2.27. The lowest BCUT2D eigenvalue weighted by molar-refractivity contribution is -0.385. The van der Waals surface area contributed by atoms with E-state index in [0.29, 0.717) is 5.56 Å². The van der Waals surface area contributed by atoms with Crippen LogP contribution in [-0.2, 0) is 6.42 Å². The summed E-state index contributed by atoms with van der Waals surface area (Å²) < 4.78 is 38.0. The van der Waals surface area contributed by atoms with Gasteiger partial charge in [0.05, 0.1) is 10.6 Å². The Hall–Kier alpha value is -1.31. The molecule has 4 nitrogen and oxygen atoms in total. The molecule has 1 aromatic carbocycles. The van der Waals surface area contributed by atoms with Crippen molar-refractivity contribution in [2.24, 2.45) is 0 Å². The number of nitrogens with zero attached hydrogens (tertiary/aromatic N) is 1. The van der Waals surface area contributed by atoms with Crippen LogP contribution in [0.3, 0.4) is 0 Å². The highest BCUT2D eigenvalue weighted by atomic mass is 79.9. The number of nitro groups is 1. The minimum atomic E-state index is -4.32. The summed E-state index contributed by atoms with van der Waals surface area (Å²) in [5.74, 6) is 0. The fourth-order valence-corrected chi connectivity index (χ4v) is 2.51. The maximum Gasteiger partial charge on any atom is 0.408 e. The summed E-state index contributed by atoms with van der Waals surface area (Å²) in [7, 11) is 0. The summed E-state index contributed by atoms with van der Waals surface area (Å²) in [6, 6.07) is 0.896. The number of nitrogens with one attached hydrogen (secondary N) is 1. The number of alkyl halides is 3. The molecule has 2 rings (SSSR count). The molecule has 0 amide bonds. The Morgan fingerprint density at radius 3 is 2.67 bits per heavy atom. The van der Waals surface area contributed by atoms with E-state index in [1.807, 2.05) is 0 Å². The Bertz CT molecular complexity index is 505. The van der Waals surface area contributed by atoms with E-state index in [4.69, 9.17) is 0 Å². The third-order valence-electron chi connectivity index (χ3n) is 2.78. The molecule has 0 saturated carbocycles. The van der Waals surface area contributed by atoms with Crippen LogP contribution in [0.15, 0.2) is 16.6 Å². The van der Waals surface area contributed by atoms with Gasteiger partial charge in [0.2, 0.25) is 0 Å². The van der Waals surface area contributed by atoms with Gasteiger partial charge in [-0.25, -0.2) is 0 Å². The van der Waals surface area contributed by atoms with E-state index in [2.05, 4.69) is 21.2 Å². The van der Waals surface area contributed by atoms with Gasteiger partial charge in [0.25, 0.3) is 5.69 Å². The highest BCUT2D eigenvalue weighted by molar-refractivity contribution is 9.10. The number of hydrogen-bond acceptors (Lipinski definition) is 3. The summed E-state index contributed by atoms with van der Waals surface area (Å²) in [4.78, 5) is 10.1. The highest BCUT2D eigenvalue weighted by Gasteiger charge is 2.41. The van der Waals surface area contributed by atoms with Crippen molar-refractivity contribution in [3.63, 3.8) is 0 Å². The molecule has 1 atom stereocenters. The second-order valence-corrected chi connectivity index (χ2v) is 4.85. The lowest BCUT2D eigenvalue weighted by Crippen LogP contribution is -2.39.